The molecular weight excluding hydrogens is 609 g/mol. The van der Waals surface area contributed by atoms with Crippen LogP contribution in [0.2, 0.25) is 0 Å². The van der Waals surface area contributed by atoms with E-state index < -0.39 is 34.9 Å². The number of carbonyl (C=O) groups excluding carboxylic acids is 2. The summed E-state index contributed by atoms with van der Waals surface area (Å²) < 4.78 is 53.4. The number of anilines is 3. The van der Waals surface area contributed by atoms with E-state index >= 15 is 0 Å². The molecule has 2 aliphatic heterocycles. The average molecular weight is 649 g/mol. The predicted molar refractivity (Wildman–Crippen MR) is 164 cm³/mol. The number of rotatable bonds is 6. The van der Waals surface area contributed by atoms with E-state index in [9.17, 15) is 27.6 Å². The van der Waals surface area contributed by atoms with Crippen LogP contribution in [0, 0.1) is 6.92 Å². The number of amides is 2. The fourth-order valence-electron chi connectivity index (χ4n) is 5.57. The molecule has 0 atom stereocenters. The van der Waals surface area contributed by atoms with Gasteiger partial charge < -0.3 is 34.1 Å². The summed E-state index contributed by atoms with van der Waals surface area (Å²) >= 11 is 0. The van der Waals surface area contributed by atoms with Gasteiger partial charge >= 0.3 is 12.3 Å². The van der Waals surface area contributed by atoms with Gasteiger partial charge in [0.15, 0.2) is 0 Å². The molecule has 0 bridgehead atoms. The second-order valence-corrected chi connectivity index (χ2v) is 12.3. The Morgan fingerprint density at radius 1 is 1.02 bits per heavy atom. The lowest BCUT2D eigenvalue weighted by Gasteiger charge is -2.37. The normalized spacial score (nSPS) is 16.2. The smallest absolute Gasteiger partial charge is 0.416 e. The van der Waals surface area contributed by atoms with E-state index in [1.54, 1.807) is 30.2 Å². The molecule has 0 saturated carbocycles. The van der Waals surface area contributed by atoms with Crippen molar-refractivity contribution in [3.8, 4) is 0 Å². The number of piperazine rings is 1. The Morgan fingerprint density at radius 3 is 2.28 bits per heavy atom. The lowest BCUT2D eigenvalue weighted by atomic mass is 10.1. The van der Waals surface area contributed by atoms with Gasteiger partial charge in [0, 0.05) is 45.0 Å². The molecule has 1 aromatic carbocycles. The van der Waals surface area contributed by atoms with Crippen LogP contribution in [0.4, 0.5) is 35.3 Å². The molecule has 250 valence electrons. The zero-order valence-electron chi connectivity index (χ0n) is 26.6. The molecule has 46 heavy (non-hydrogen) atoms. The summed E-state index contributed by atoms with van der Waals surface area (Å²) in [5.41, 5.74) is -0.479. The minimum absolute atomic E-state index is 0.166. The molecule has 2 amide bonds. The Kier molecular flexibility index (Phi) is 9.20. The van der Waals surface area contributed by atoms with Gasteiger partial charge in [-0.1, -0.05) is 6.92 Å². The highest BCUT2D eigenvalue weighted by atomic mass is 19.4. The van der Waals surface area contributed by atoms with Crippen molar-refractivity contribution in [1.29, 1.82) is 0 Å². The number of halogens is 3. The average Bonchev–Trinajstić information content (AvgIpc) is 3.45. The number of nitrogens with one attached hydrogen (secondary N) is 1. The third kappa shape index (κ3) is 7.06. The van der Waals surface area contributed by atoms with E-state index in [2.05, 4.69) is 15.4 Å². The topological polar surface area (TPSA) is 127 Å². The summed E-state index contributed by atoms with van der Waals surface area (Å²) in [5.74, 6) is -0.0272. The number of fused-ring (bicyclic) bond motifs is 1. The monoisotopic (exact) mass is 648 g/mol. The van der Waals surface area contributed by atoms with Crippen LogP contribution >= 0.6 is 0 Å². The van der Waals surface area contributed by atoms with E-state index in [0.29, 0.717) is 76.2 Å². The molecule has 0 radical (unpaired) electrons. The zero-order chi connectivity index (χ0) is 33.4. The number of hydrogen-bond donors (Lipinski definition) is 1. The summed E-state index contributed by atoms with van der Waals surface area (Å²) in [6.45, 7) is 11.8. The van der Waals surface area contributed by atoms with Crippen LogP contribution in [0.3, 0.4) is 0 Å². The molecule has 0 spiro atoms. The molecule has 5 rings (SSSR count). The Balaban J connectivity index is 1.50. The molecule has 2 aromatic heterocycles. The number of ether oxygens (including phenoxy) is 2. The predicted octanol–water partition coefficient (Wildman–Crippen LogP) is 3.31. The number of carbonyl (C=O) groups is 2. The third-order valence-electron chi connectivity index (χ3n) is 7.82. The molecule has 0 aliphatic carbocycles. The van der Waals surface area contributed by atoms with Crippen molar-refractivity contribution in [2.75, 3.05) is 67.6 Å². The molecule has 1 N–H and O–H groups in total. The van der Waals surface area contributed by atoms with Crippen LogP contribution in [0.15, 0.2) is 23.0 Å². The maximum absolute atomic E-state index is 14.1. The van der Waals surface area contributed by atoms with Crippen LogP contribution in [-0.2, 0) is 33.4 Å². The highest BCUT2D eigenvalue weighted by Gasteiger charge is 2.32. The first-order valence-electron chi connectivity index (χ1n) is 15.2. The number of hydrogen-bond acceptors (Lipinski definition) is 9. The van der Waals surface area contributed by atoms with Gasteiger partial charge in [-0.05, 0) is 57.9 Å². The van der Waals surface area contributed by atoms with Crippen molar-refractivity contribution in [2.45, 2.75) is 59.4 Å². The number of nitrogens with zero attached hydrogens (tertiary/aromatic N) is 7. The summed E-state index contributed by atoms with van der Waals surface area (Å²) in [4.78, 5) is 50.2. The van der Waals surface area contributed by atoms with Crippen LogP contribution in [0.25, 0.3) is 5.78 Å². The lowest BCUT2D eigenvalue weighted by Crippen LogP contribution is -2.51. The summed E-state index contributed by atoms with van der Waals surface area (Å²) in [5, 5.41) is 7.25. The van der Waals surface area contributed by atoms with Gasteiger partial charge in [-0.25, -0.2) is 4.79 Å². The first-order valence-corrected chi connectivity index (χ1v) is 15.2. The number of aromatic nitrogens is 4. The largest absolute Gasteiger partial charge is 0.444 e. The van der Waals surface area contributed by atoms with Crippen molar-refractivity contribution in [1.82, 2.24) is 24.1 Å². The molecule has 3 aromatic rings. The number of benzene rings is 1. The summed E-state index contributed by atoms with van der Waals surface area (Å²) in [6, 6.07) is 3.12. The molecule has 2 saturated heterocycles. The number of morpholine rings is 1. The van der Waals surface area contributed by atoms with E-state index in [0.717, 1.165) is 12.1 Å². The highest BCUT2D eigenvalue weighted by molar-refractivity contribution is 5.91. The van der Waals surface area contributed by atoms with Crippen LogP contribution in [-0.4, -0.2) is 94.1 Å². The van der Waals surface area contributed by atoms with Crippen LogP contribution in [0.1, 0.15) is 44.5 Å². The fourth-order valence-corrected chi connectivity index (χ4v) is 5.57. The SMILES string of the molecule is CCc1c(N2CCN(C(=O)OC(C)(C)C)CC2)c(=O)n2nc(N3CCOCC3)nc2n1CC(=O)Nc1ccc(C(F)(F)F)cc1C. The van der Waals surface area contributed by atoms with Crippen LogP contribution in [0.5, 0.6) is 0 Å². The van der Waals surface area contributed by atoms with Gasteiger partial charge in [-0.2, -0.15) is 22.7 Å². The Hall–Kier alpha value is -4.34. The van der Waals surface area contributed by atoms with Gasteiger partial charge in [-0.3, -0.25) is 9.59 Å². The molecule has 0 unspecified atom stereocenters. The van der Waals surface area contributed by atoms with E-state index in [1.165, 1.54) is 17.5 Å². The minimum Gasteiger partial charge on any atom is -0.444 e. The zero-order valence-corrected chi connectivity index (χ0v) is 26.6. The van der Waals surface area contributed by atoms with E-state index in [-0.39, 0.29) is 23.6 Å². The molecule has 2 fully saturated rings. The summed E-state index contributed by atoms with van der Waals surface area (Å²) in [7, 11) is 0. The van der Waals surface area contributed by atoms with Crippen molar-refractivity contribution in [3.63, 3.8) is 0 Å². The molecule has 2 aliphatic rings. The lowest BCUT2D eigenvalue weighted by molar-refractivity contribution is -0.137. The van der Waals surface area contributed by atoms with Crippen molar-refractivity contribution in [2.24, 2.45) is 0 Å². The standard InChI is InChI=1S/C30H39F3N8O5/c1-6-22-24(37-9-11-39(12-10-37)28(44)46-29(3,4)5)25(43)41-27(35-26(36-41)38-13-15-45-16-14-38)40(22)18-23(42)34-21-8-7-20(17-19(21)2)30(31,32)33/h7-8,17H,6,9-16,18H2,1-5H3,(H,34,42). The quantitative estimate of drug-likeness (QED) is 0.429. The van der Waals surface area contributed by atoms with Gasteiger partial charge in [0.2, 0.25) is 17.6 Å². The highest BCUT2D eigenvalue weighted by Crippen LogP contribution is 2.32. The van der Waals surface area contributed by atoms with Gasteiger partial charge in [-0.15, -0.1) is 5.10 Å². The molecule has 16 heteroatoms. The molecule has 13 nitrogen and oxygen atoms in total. The second kappa shape index (κ2) is 12.8. The van der Waals surface area contributed by atoms with Crippen LogP contribution < -0.4 is 20.7 Å². The third-order valence-corrected chi connectivity index (χ3v) is 7.82. The van der Waals surface area contributed by atoms with Crippen molar-refractivity contribution in [3.05, 3.63) is 45.4 Å². The Morgan fingerprint density at radius 2 is 1.70 bits per heavy atom. The maximum Gasteiger partial charge on any atom is 0.416 e. The van der Waals surface area contributed by atoms with Gasteiger partial charge in [0.25, 0.3) is 5.56 Å². The first-order chi connectivity index (χ1) is 21.7. The van der Waals surface area contributed by atoms with Gasteiger partial charge in [0.1, 0.15) is 17.8 Å². The molecular formula is C30H39F3N8O5. The molecule has 4 heterocycles. The minimum atomic E-state index is -4.51. The summed E-state index contributed by atoms with van der Waals surface area (Å²) in [6.07, 6.45) is -4.58. The Bertz CT molecular complexity index is 1670. The van der Waals surface area contributed by atoms with E-state index in [1.807, 2.05) is 16.7 Å². The number of alkyl halides is 3. The second-order valence-electron chi connectivity index (χ2n) is 12.3. The number of aryl methyl sites for hydroxylation is 1. The van der Waals surface area contributed by atoms with E-state index in [4.69, 9.17) is 9.47 Å². The van der Waals surface area contributed by atoms with Gasteiger partial charge in [0.05, 0.1) is 24.5 Å². The Labute approximate surface area is 263 Å². The van der Waals surface area contributed by atoms with Crippen molar-refractivity contribution >= 4 is 35.1 Å². The van der Waals surface area contributed by atoms with Crippen molar-refractivity contribution < 1.29 is 32.2 Å². The first kappa shape index (κ1) is 33.0. The maximum atomic E-state index is 14.1. The fraction of sp³-hybridized carbons (Fsp3) is 0.567.